The van der Waals surface area contributed by atoms with Gasteiger partial charge in [-0.25, -0.2) is 22.7 Å². The van der Waals surface area contributed by atoms with Gasteiger partial charge < -0.3 is 25.6 Å². The molecule has 12 heteroatoms. The molecule has 0 aliphatic rings. The standard InChI is InChI=1S/C21H34N4O7S/c1-12-11-16(31-7)13(2)14(3)17(12)33(29,30)25-19(22)23-10-8-9-15(18(26)27)24-20(28)32-21(4,5)6/h11,15H,8-10H2,1-7H3,(H,24,28)(H,26,27)(H3,22,23,25). The number of sulfonamides is 1. The molecule has 0 spiro atoms. The van der Waals surface area contributed by atoms with Crippen LogP contribution in [0.1, 0.15) is 50.3 Å². The molecule has 11 nitrogen and oxygen atoms in total. The Morgan fingerprint density at radius 1 is 1.21 bits per heavy atom. The fourth-order valence-corrected chi connectivity index (χ4v) is 4.55. The van der Waals surface area contributed by atoms with E-state index in [1.807, 2.05) is 0 Å². The minimum Gasteiger partial charge on any atom is -0.496 e. The van der Waals surface area contributed by atoms with E-state index in [0.717, 1.165) is 0 Å². The highest BCUT2D eigenvalue weighted by Crippen LogP contribution is 2.30. The van der Waals surface area contributed by atoms with Gasteiger partial charge in [0.2, 0.25) is 5.96 Å². The van der Waals surface area contributed by atoms with Gasteiger partial charge in [0.15, 0.2) is 0 Å². The Kier molecular flexibility index (Phi) is 9.52. The minimum atomic E-state index is -4.00. The monoisotopic (exact) mass is 486 g/mol. The van der Waals surface area contributed by atoms with Crippen LogP contribution in [0.3, 0.4) is 0 Å². The molecule has 0 saturated carbocycles. The van der Waals surface area contributed by atoms with E-state index in [9.17, 15) is 23.1 Å². The molecule has 0 saturated heterocycles. The molecule has 1 aromatic carbocycles. The van der Waals surface area contributed by atoms with Crippen LogP contribution >= 0.6 is 0 Å². The van der Waals surface area contributed by atoms with Crippen LogP contribution in [-0.2, 0) is 19.6 Å². The molecule has 5 N–H and O–H groups in total. The van der Waals surface area contributed by atoms with Crippen molar-refractivity contribution in [2.24, 2.45) is 10.7 Å². The van der Waals surface area contributed by atoms with Gasteiger partial charge in [-0.05, 0) is 77.1 Å². The molecule has 33 heavy (non-hydrogen) atoms. The fourth-order valence-electron chi connectivity index (χ4n) is 3.07. The fraction of sp³-hybridized carbons (Fsp3) is 0.571. The second kappa shape index (κ2) is 11.2. The number of methoxy groups -OCH3 is 1. The molecule has 1 atom stereocenters. The van der Waals surface area contributed by atoms with Crippen molar-refractivity contribution in [2.75, 3.05) is 13.7 Å². The summed E-state index contributed by atoms with van der Waals surface area (Å²) in [5, 5.41) is 11.6. The molecule has 0 aromatic heterocycles. The number of carboxylic acid groups (broad SMARTS) is 1. The number of carbonyl (C=O) groups is 2. The van der Waals surface area contributed by atoms with Crippen LogP contribution < -0.4 is 20.5 Å². The second-order valence-electron chi connectivity index (χ2n) is 8.53. The molecule has 0 radical (unpaired) electrons. The number of benzene rings is 1. The molecule has 0 aliphatic heterocycles. The summed E-state index contributed by atoms with van der Waals surface area (Å²) >= 11 is 0. The maximum Gasteiger partial charge on any atom is 0.408 e. The normalized spacial score (nSPS) is 13.2. The maximum absolute atomic E-state index is 12.8. The van der Waals surface area contributed by atoms with Crippen molar-refractivity contribution in [1.82, 2.24) is 10.0 Å². The quantitative estimate of drug-likeness (QED) is 0.233. The minimum absolute atomic E-state index is 0.0493. The lowest BCUT2D eigenvalue weighted by molar-refractivity contribution is -0.139. The number of amides is 1. The van der Waals surface area contributed by atoms with Crippen molar-refractivity contribution in [3.63, 3.8) is 0 Å². The van der Waals surface area contributed by atoms with Gasteiger partial charge >= 0.3 is 12.1 Å². The average Bonchev–Trinajstić information content (AvgIpc) is 2.64. The summed E-state index contributed by atoms with van der Waals surface area (Å²) in [6, 6.07) is 0.453. The second-order valence-corrected chi connectivity index (χ2v) is 10.1. The smallest absolute Gasteiger partial charge is 0.408 e. The lowest BCUT2D eigenvalue weighted by atomic mass is 10.1. The number of alkyl carbamates (subject to hydrolysis) is 1. The first-order valence-electron chi connectivity index (χ1n) is 10.3. The predicted molar refractivity (Wildman–Crippen MR) is 124 cm³/mol. The van der Waals surface area contributed by atoms with E-state index in [4.69, 9.17) is 15.2 Å². The van der Waals surface area contributed by atoms with Crippen LogP contribution in [0.15, 0.2) is 16.0 Å². The number of nitrogens with one attached hydrogen (secondary N) is 2. The molecule has 0 fully saturated rings. The molecule has 1 aromatic rings. The summed E-state index contributed by atoms with van der Waals surface area (Å²) in [5.41, 5.74) is 6.70. The topological polar surface area (TPSA) is 169 Å². The van der Waals surface area contributed by atoms with Crippen LogP contribution in [0.4, 0.5) is 4.79 Å². The molecule has 0 bridgehead atoms. The molecular formula is C21H34N4O7S. The Bertz CT molecular complexity index is 1010. The van der Waals surface area contributed by atoms with E-state index in [1.54, 1.807) is 47.6 Å². The molecule has 0 heterocycles. The van der Waals surface area contributed by atoms with Gasteiger partial charge in [-0.3, -0.25) is 4.99 Å². The van der Waals surface area contributed by atoms with Crippen LogP contribution in [0.2, 0.25) is 0 Å². The Morgan fingerprint density at radius 2 is 1.82 bits per heavy atom. The van der Waals surface area contributed by atoms with Crippen molar-refractivity contribution >= 4 is 28.0 Å². The highest BCUT2D eigenvalue weighted by molar-refractivity contribution is 7.90. The van der Waals surface area contributed by atoms with Crippen molar-refractivity contribution in [2.45, 2.75) is 70.9 Å². The SMILES string of the molecule is COc1cc(C)c(S(=O)(=O)NC(N)=NCCCC(NC(=O)OC(C)(C)C)C(=O)O)c(C)c1C. The Balaban J connectivity index is 2.79. The highest BCUT2D eigenvalue weighted by atomic mass is 32.2. The zero-order chi connectivity index (χ0) is 25.6. The van der Waals surface area contributed by atoms with E-state index in [0.29, 0.717) is 22.4 Å². The van der Waals surface area contributed by atoms with E-state index in [-0.39, 0.29) is 30.2 Å². The number of nitrogens with zero attached hydrogens (tertiary/aromatic N) is 1. The van der Waals surface area contributed by atoms with E-state index < -0.39 is 33.7 Å². The molecule has 1 rings (SSSR count). The molecule has 1 amide bonds. The summed E-state index contributed by atoms with van der Waals surface area (Å²) in [6.45, 7) is 10.1. The molecule has 186 valence electrons. The van der Waals surface area contributed by atoms with Crippen LogP contribution in [0, 0.1) is 20.8 Å². The predicted octanol–water partition coefficient (Wildman–Crippen LogP) is 1.97. The van der Waals surface area contributed by atoms with Crippen molar-refractivity contribution in [3.05, 3.63) is 22.8 Å². The third kappa shape index (κ3) is 8.44. The van der Waals surface area contributed by atoms with Crippen molar-refractivity contribution in [3.8, 4) is 5.75 Å². The summed E-state index contributed by atoms with van der Waals surface area (Å²) in [7, 11) is -2.49. The summed E-state index contributed by atoms with van der Waals surface area (Å²) in [4.78, 5) is 27.2. The lowest BCUT2D eigenvalue weighted by Gasteiger charge is -2.21. The third-order valence-corrected chi connectivity index (χ3v) is 6.27. The number of nitrogens with two attached hydrogens (primary N) is 1. The zero-order valence-electron chi connectivity index (χ0n) is 20.1. The number of carbonyl (C=O) groups excluding carboxylic acids is 1. The average molecular weight is 487 g/mol. The maximum atomic E-state index is 12.8. The van der Waals surface area contributed by atoms with Crippen LogP contribution in [0.25, 0.3) is 0 Å². The van der Waals surface area contributed by atoms with Gasteiger partial charge in [0.05, 0.1) is 12.0 Å². The Labute approximate surface area is 194 Å². The number of aryl methyl sites for hydroxylation is 1. The van der Waals surface area contributed by atoms with Gasteiger partial charge in [-0.2, -0.15) is 0 Å². The summed E-state index contributed by atoms with van der Waals surface area (Å²) < 4.78 is 38.3. The van der Waals surface area contributed by atoms with Gasteiger partial charge in [0, 0.05) is 6.54 Å². The highest BCUT2D eigenvalue weighted by Gasteiger charge is 2.25. The number of guanidine groups is 1. The molecular weight excluding hydrogens is 452 g/mol. The van der Waals surface area contributed by atoms with Gasteiger partial charge in [0.1, 0.15) is 17.4 Å². The van der Waals surface area contributed by atoms with Gasteiger partial charge in [-0.15, -0.1) is 0 Å². The van der Waals surface area contributed by atoms with Gasteiger partial charge in [0.25, 0.3) is 10.0 Å². The number of aliphatic imine (C=N–C) groups is 1. The Hall–Kier alpha value is -3.02. The first-order chi connectivity index (χ1) is 15.1. The van der Waals surface area contributed by atoms with Crippen molar-refractivity contribution < 1.29 is 32.6 Å². The summed E-state index contributed by atoms with van der Waals surface area (Å²) in [6.07, 6.45) is -0.561. The molecule has 1 unspecified atom stereocenters. The third-order valence-electron chi connectivity index (χ3n) is 4.63. The number of hydrogen-bond acceptors (Lipinski definition) is 7. The van der Waals surface area contributed by atoms with E-state index in [1.165, 1.54) is 7.11 Å². The van der Waals surface area contributed by atoms with Crippen molar-refractivity contribution in [1.29, 1.82) is 0 Å². The van der Waals surface area contributed by atoms with Crippen LogP contribution in [0.5, 0.6) is 5.75 Å². The number of rotatable bonds is 9. The molecule has 0 aliphatic carbocycles. The largest absolute Gasteiger partial charge is 0.496 e. The Morgan fingerprint density at radius 3 is 2.33 bits per heavy atom. The lowest BCUT2D eigenvalue weighted by Crippen LogP contribution is -2.43. The number of ether oxygens (including phenoxy) is 2. The first kappa shape index (κ1) is 28.0. The number of carboxylic acids is 1. The van der Waals surface area contributed by atoms with Gasteiger partial charge in [-0.1, -0.05) is 0 Å². The van der Waals surface area contributed by atoms with E-state index >= 15 is 0 Å². The number of hydrogen-bond donors (Lipinski definition) is 4. The van der Waals surface area contributed by atoms with E-state index in [2.05, 4.69) is 15.0 Å². The summed E-state index contributed by atoms with van der Waals surface area (Å²) in [5.74, 6) is -0.966. The zero-order valence-corrected chi connectivity index (χ0v) is 20.9. The van der Waals surface area contributed by atoms with Crippen LogP contribution in [-0.4, -0.2) is 56.8 Å². The number of aliphatic carboxylic acids is 1. The first-order valence-corrected chi connectivity index (χ1v) is 11.8.